The SMILES string of the molecule is CCCCCCC(C)C(C(C)=O)C(=O)OC. The molecule has 0 aliphatic rings. The Balaban J connectivity index is 4.13. The summed E-state index contributed by atoms with van der Waals surface area (Å²) in [7, 11) is 1.34. The Morgan fingerprint density at radius 3 is 2.25 bits per heavy atom. The fourth-order valence-corrected chi connectivity index (χ4v) is 1.99. The second kappa shape index (κ2) is 8.31. The van der Waals surface area contributed by atoms with Crippen LogP contribution in [0.1, 0.15) is 52.9 Å². The molecular weight excluding hydrogens is 204 g/mol. The first-order valence-electron chi connectivity index (χ1n) is 6.12. The Kier molecular flexibility index (Phi) is 7.86. The van der Waals surface area contributed by atoms with Crippen LogP contribution in [0.2, 0.25) is 0 Å². The highest BCUT2D eigenvalue weighted by atomic mass is 16.5. The number of esters is 1. The van der Waals surface area contributed by atoms with Crippen molar-refractivity contribution in [2.45, 2.75) is 52.9 Å². The van der Waals surface area contributed by atoms with Gasteiger partial charge >= 0.3 is 5.97 Å². The third-order valence-electron chi connectivity index (χ3n) is 2.98. The molecule has 0 saturated carbocycles. The van der Waals surface area contributed by atoms with Gasteiger partial charge in [0.05, 0.1) is 7.11 Å². The predicted molar refractivity (Wildman–Crippen MR) is 64.1 cm³/mol. The average molecular weight is 228 g/mol. The molecule has 0 radical (unpaired) electrons. The summed E-state index contributed by atoms with van der Waals surface area (Å²) in [6.07, 6.45) is 5.58. The smallest absolute Gasteiger partial charge is 0.316 e. The van der Waals surface area contributed by atoms with Crippen molar-refractivity contribution in [3.05, 3.63) is 0 Å². The summed E-state index contributed by atoms with van der Waals surface area (Å²) in [5.41, 5.74) is 0. The maximum absolute atomic E-state index is 11.4. The third kappa shape index (κ3) is 5.29. The Bertz CT molecular complexity index is 223. The maximum atomic E-state index is 11.4. The number of carbonyl (C=O) groups excluding carboxylic acids is 2. The van der Waals surface area contributed by atoms with Crippen LogP contribution in [0.25, 0.3) is 0 Å². The molecule has 16 heavy (non-hydrogen) atoms. The predicted octanol–water partition coefficient (Wildman–Crippen LogP) is 2.97. The quantitative estimate of drug-likeness (QED) is 0.364. The summed E-state index contributed by atoms with van der Waals surface area (Å²) < 4.78 is 4.66. The summed E-state index contributed by atoms with van der Waals surface area (Å²) in [5, 5.41) is 0. The van der Waals surface area contributed by atoms with Crippen molar-refractivity contribution in [1.82, 2.24) is 0 Å². The van der Waals surface area contributed by atoms with E-state index in [9.17, 15) is 9.59 Å². The van der Waals surface area contributed by atoms with Gasteiger partial charge in [0.15, 0.2) is 0 Å². The van der Waals surface area contributed by atoms with E-state index in [1.165, 1.54) is 33.3 Å². The number of methoxy groups -OCH3 is 1. The molecule has 0 aromatic rings. The summed E-state index contributed by atoms with van der Waals surface area (Å²) in [6.45, 7) is 5.58. The first kappa shape index (κ1) is 15.1. The van der Waals surface area contributed by atoms with Gasteiger partial charge < -0.3 is 4.74 Å². The zero-order valence-corrected chi connectivity index (χ0v) is 10.9. The Hall–Kier alpha value is -0.860. The lowest BCUT2D eigenvalue weighted by atomic mass is 9.86. The van der Waals surface area contributed by atoms with Gasteiger partial charge in [-0.25, -0.2) is 0 Å². The second-order valence-electron chi connectivity index (χ2n) is 4.44. The zero-order chi connectivity index (χ0) is 12.6. The van der Waals surface area contributed by atoms with Gasteiger partial charge in [-0.05, 0) is 19.3 Å². The monoisotopic (exact) mass is 228 g/mol. The van der Waals surface area contributed by atoms with Crippen LogP contribution in [0.5, 0.6) is 0 Å². The van der Waals surface area contributed by atoms with E-state index in [4.69, 9.17) is 0 Å². The highest BCUT2D eigenvalue weighted by Gasteiger charge is 2.29. The van der Waals surface area contributed by atoms with Crippen LogP contribution >= 0.6 is 0 Å². The van der Waals surface area contributed by atoms with Crippen molar-refractivity contribution >= 4 is 11.8 Å². The van der Waals surface area contributed by atoms with Gasteiger partial charge in [0.25, 0.3) is 0 Å². The van der Waals surface area contributed by atoms with E-state index >= 15 is 0 Å². The number of ketones is 1. The van der Waals surface area contributed by atoms with Gasteiger partial charge in [0.2, 0.25) is 0 Å². The molecule has 3 nitrogen and oxygen atoms in total. The van der Waals surface area contributed by atoms with E-state index in [-0.39, 0.29) is 11.7 Å². The fourth-order valence-electron chi connectivity index (χ4n) is 1.99. The van der Waals surface area contributed by atoms with Gasteiger partial charge in [-0.1, -0.05) is 39.5 Å². The van der Waals surface area contributed by atoms with E-state index in [1.807, 2.05) is 6.92 Å². The van der Waals surface area contributed by atoms with E-state index in [0.29, 0.717) is 0 Å². The van der Waals surface area contributed by atoms with Crippen molar-refractivity contribution in [2.24, 2.45) is 11.8 Å². The summed E-state index contributed by atoms with van der Waals surface area (Å²) in [6, 6.07) is 0. The fraction of sp³-hybridized carbons (Fsp3) is 0.846. The number of carbonyl (C=O) groups is 2. The van der Waals surface area contributed by atoms with Crippen LogP contribution < -0.4 is 0 Å². The summed E-state index contributed by atoms with van der Waals surface area (Å²) in [4.78, 5) is 22.8. The first-order chi connectivity index (χ1) is 7.54. The molecule has 2 unspecified atom stereocenters. The van der Waals surface area contributed by atoms with Crippen molar-refractivity contribution in [2.75, 3.05) is 7.11 Å². The van der Waals surface area contributed by atoms with Crippen LogP contribution in [-0.4, -0.2) is 18.9 Å². The van der Waals surface area contributed by atoms with E-state index in [2.05, 4.69) is 11.7 Å². The molecule has 0 aliphatic carbocycles. The van der Waals surface area contributed by atoms with Gasteiger partial charge in [0.1, 0.15) is 11.7 Å². The molecule has 0 fully saturated rings. The summed E-state index contributed by atoms with van der Waals surface area (Å²) >= 11 is 0. The number of rotatable bonds is 8. The molecule has 0 rings (SSSR count). The molecule has 0 N–H and O–H groups in total. The van der Waals surface area contributed by atoms with Crippen LogP contribution in [0, 0.1) is 11.8 Å². The molecule has 0 aliphatic heterocycles. The van der Waals surface area contributed by atoms with Gasteiger partial charge in [0, 0.05) is 0 Å². The molecule has 0 amide bonds. The Morgan fingerprint density at radius 2 is 1.81 bits per heavy atom. The van der Waals surface area contributed by atoms with Crippen molar-refractivity contribution in [3.8, 4) is 0 Å². The number of hydrogen-bond acceptors (Lipinski definition) is 3. The molecule has 0 saturated heterocycles. The summed E-state index contributed by atoms with van der Waals surface area (Å²) in [5.74, 6) is -0.973. The number of unbranched alkanes of at least 4 members (excludes halogenated alkanes) is 3. The number of ether oxygens (including phenoxy) is 1. The molecule has 0 aromatic carbocycles. The zero-order valence-electron chi connectivity index (χ0n) is 10.9. The van der Waals surface area contributed by atoms with Crippen LogP contribution in [0.15, 0.2) is 0 Å². The van der Waals surface area contributed by atoms with Gasteiger partial charge in [-0.2, -0.15) is 0 Å². The number of Topliss-reactive ketones (excluding diaryl/α,β-unsaturated/α-hetero) is 1. The Labute approximate surface area is 98.6 Å². The third-order valence-corrected chi connectivity index (χ3v) is 2.98. The van der Waals surface area contributed by atoms with E-state index in [1.54, 1.807) is 0 Å². The second-order valence-corrected chi connectivity index (χ2v) is 4.44. The first-order valence-corrected chi connectivity index (χ1v) is 6.12. The molecule has 0 aromatic heterocycles. The maximum Gasteiger partial charge on any atom is 0.316 e. The Morgan fingerprint density at radius 1 is 1.19 bits per heavy atom. The highest BCUT2D eigenvalue weighted by molar-refractivity contribution is 5.97. The van der Waals surface area contributed by atoms with Crippen molar-refractivity contribution in [1.29, 1.82) is 0 Å². The molecule has 0 spiro atoms. The lowest BCUT2D eigenvalue weighted by Gasteiger charge is -2.19. The molecular formula is C13H24O3. The normalized spacial score (nSPS) is 14.2. The van der Waals surface area contributed by atoms with Gasteiger partial charge in [-0.3, -0.25) is 9.59 Å². The minimum atomic E-state index is -0.577. The van der Waals surface area contributed by atoms with Crippen molar-refractivity contribution < 1.29 is 14.3 Å². The molecule has 2 atom stereocenters. The lowest BCUT2D eigenvalue weighted by Crippen LogP contribution is -2.29. The van der Waals surface area contributed by atoms with Crippen LogP contribution in [-0.2, 0) is 14.3 Å². The lowest BCUT2D eigenvalue weighted by molar-refractivity contribution is -0.151. The topological polar surface area (TPSA) is 43.4 Å². The minimum Gasteiger partial charge on any atom is -0.468 e. The number of hydrogen-bond donors (Lipinski definition) is 0. The van der Waals surface area contributed by atoms with Crippen LogP contribution in [0.3, 0.4) is 0 Å². The van der Waals surface area contributed by atoms with Crippen LogP contribution in [0.4, 0.5) is 0 Å². The standard InChI is InChI=1S/C13H24O3/c1-5-6-7-8-9-10(2)12(11(3)14)13(15)16-4/h10,12H,5-9H2,1-4H3. The van der Waals surface area contributed by atoms with Gasteiger partial charge in [-0.15, -0.1) is 0 Å². The minimum absolute atomic E-state index is 0.0850. The molecule has 94 valence electrons. The molecule has 3 heteroatoms. The van der Waals surface area contributed by atoms with E-state index in [0.717, 1.165) is 12.8 Å². The van der Waals surface area contributed by atoms with E-state index < -0.39 is 11.9 Å². The molecule has 0 bridgehead atoms. The molecule has 0 heterocycles. The highest BCUT2D eigenvalue weighted by Crippen LogP contribution is 2.21. The van der Waals surface area contributed by atoms with Crippen molar-refractivity contribution in [3.63, 3.8) is 0 Å². The average Bonchev–Trinajstić information content (AvgIpc) is 2.23. The largest absolute Gasteiger partial charge is 0.468 e.